The summed E-state index contributed by atoms with van der Waals surface area (Å²) in [6.07, 6.45) is 0. The fraction of sp³-hybridized carbons (Fsp3) is 0.100. The number of carbonyl (C=O) groups excluding carboxylic acids is 1. The monoisotopic (exact) mass is 229 g/mol. The van der Waals surface area contributed by atoms with Crippen LogP contribution in [-0.2, 0) is 9.59 Å². The zero-order valence-electron chi connectivity index (χ0n) is 9.26. The molecule has 0 aromatic heterocycles. The fourth-order valence-corrected chi connectivity index (χ4v) is 1.23. The van der Waals surface area contributed by atoms with E-state index in [0.29, 0.717) is 4.90 Å². The molecule has 0 aliphatic carbocycles. The normalized spacial score (nSPS) is 14.9. The number of aliphatic carboxylic acids is 1. The summed E-state index contributed by atoms with van der Waals surface area (Å²) in [5.41, 5.74) is -1.47. The number of carboxylic acid groups (broad SMARTS) is 1. The molecule has 1 heterocycles. The molecule has 0 aromatic carbocycles. The van der Waals surface area contributed by atoms with Crippen LogP contribution < -0.4 is 0 Å². The number of carbonyl (C=O) groups is 2. The van der Waals surface area contributed by atoms with E-state index in [1.54, 1.807) is 0 Å². The Morgan fingerprint density at radius 1 is 1.47 bits per heavy atom. The van der Waals surface area contributed by atoms with Crippen LogP contribution in [0.1, 0.15) is 1.37 Å². The zero-order valence-corrected chi connectivity index (χ0v) is 8.26. The lowest BCUT2D eigenvalue weighted by molar-refractivity contribution is -0.141. The first-order valence-electron chi connectivity index (χ1n) is 4.67. The van der Waals surface area contributed by atoms with E-state index in [9.17, 15) is 9.59 Å². The average Bonchev–Trinajstić information content (AvgIpc) is 2.55. The van der Waals surface area contributed by atoms with Gasteiger partial charge in [-0.2, -0.15) is 15.8 Å². The Bertz CT molecular complexity index is 611. The first-order chi connectivity index (χ1) is 8.47. The highest BCUT2D eigenvalue weighted by molar-refractivity contribution is 5.98. The van der Waals surface area contributed by atoms with Crippen LogP contribution in [0.4, 0.5) is 0 Å². The quantitative estimate of drug-likeness (QED) is 0.645. The van der Waals surface area contributed by atoms with Crippen LogP contribution in [0.5, 0.6) is 0 Å². The van der Waals surface area contributed by atoms with Crippen molar-refractivity contribution in [3.63, 3.8) is 0 Å². The molecule has 0 saturated carbocycles. The van der Waals surface area contributed by atoms with Crippen LogP contribution in [0.3, 0.4) is 0 Å². The molecule has 0 bridgehead atoms. The van der Waals surface area contributed by atoms with Crippen molar-refractivity contribution < 1.29 is 16.1 Å². The van der Waals surface area contributed by atoms with Crippen molar-refractivity contribution in [1.82, 2.24) is 4.90 Å². The minimum Gasteiger partial charge on any atom is -0.480 e. The number of hydrogen-bond acceptors (Lipinski definition) is 5. The van der Waals surface area contributed by atoms with Gasteiger partial charge in [0.25, 0.3) is 5.91 Å². The highest BCUT2D eigenvalue weighted by atomic mass is 16.4. The summed E-state index contributed by atoms with van der Waals surface area (Å²) in [5, 5.41) is 34.9. The van der Waals surface area contributed by atoms with Crippen molar-refractivity contribution in [3.8, 4) is 18.2 Å². The molecule has 0 fully saturated rings. The van der Waals surface area contributed by atoms with Crippen LogP contribution in [0.15, 0.2) is 22.9 Å². The highest BCUT2D eigenvalue weighted by Gasteiger charge is 2.32. The van der Waals surface area contributed by atoms with Gasteiger partial charge in [0.2, 0.25) is 0 Å². The number of carboxylic acids is 1. The molecule has 0 saturated heterocycles. The molecular weight excluding hydrogens is 224 g/mol. The summed E-state index contributed by atoms with van der Waals surface area (Å²) in [7, 11) is 0. The van der Waals surface area contributed by atoms with E-state index < -0.39 is 41.3 Å². The third-order valence-corrected chi connectivity index (χ3v) is 1.85. The topological polar surface area (TPSA) is 129 Å². The molecule has 17 heavy (non-hydrogen) atoms. The summed E-state index contributed by atoms with van der Waals surface area (Å²) >= 11 is 0. The van der Waals surface area contributed by atoms with Gasteiger partial charge in [-0.1, -0.05) is 0 Å². The maximum atomic E-state index is 11.6. The molecule has 0 unspecified atom stereocenters. The van der Waals surface area contributed by atoms with E-state index in [-0.39, 0.29) is 0 Å². The van der Waals surface area contributed by atoms with Gasteiger partial charge in [-0.25, -0.2) is 0 Å². The molecule has 7 nitrogen and oxygen atoms in total. The Labute approximate surface area is 97.1 Å². The summed E-state index contributed by atoms with van der Waals surface area (Å²) in [5.74, 6) is -2.41. The van der Waals surface area contributed by atoms with Crippen molar-refractivity contribution in [2.45, 2.75) is 0 Å². The summed E-state index contributed by atoms with van der Waals surface area (Å²) in [6.45, 7) is -0.825. The molecule has 0 radical (unpaired) electrons. The van der Waals surface area contributed by atoms with Gasteiger partial charge in [-0.3, -0.25) is 14.5 Å². The zero-order chi connectivity index (χ0) is 13.9. The van der Waals surface area contributed by atoms with E-state index in [1.165, 1.54) is 18.2 Å². The van der Waals surface area contributed by atoms with E-state index in [0.717, 1.165) is 0 Å². The lowest BCUT2D eigenvalue weighted by atomic mass is 10.1. The van der Waals surface area contributed by atoms with Gasteiger partial charge in [0.1, 0.15) is 24.8 Å². The second-order valence-corrected chi connectivity index (χ2v) is 2.84. The third-order valence-electron chi connectivity index (χ3n) is 1.85. The second kappa shape index (κ2) is 4.61. The second-order valence-electron chi connectivity index (χ2n) is 2.84. The van der Waals surface area contributed by atoms with Crippen LogP contribution >= 0.6 is 0 Å². The Balaban J connectivity index is 3.51. The first-order valence-corrected chi connectivity index (χ1v) is 4.17. The summed E-state index contributed by atoms with van der Waals surface area (Å²) in [4.78, 5) is 22.7. The molecule has 1 aliphatic rings. The number of amides is 1. The molecule has 0 spiro atoms. The molecular formula is C10H4N4O3. The van der Waals surface area contributed by atoms with E-state index in [2.05, 4.69) is 0 Å². The van der Waals surface area contributed by atoms with Crippen LogP contribution in [0.2, 0.25) is 0 Å². The number of nitrogens with zero attached hydrogens (tertiary/aromatic N) is 4. The average molecular weight is 229 g/mol. The largest absolute Gasteiger partial charge is 0.480 e. The maximum absolute atomic E-state index is 11.6. The van der Waals surface area contributed by atoms with Crippen molar-refractivity contribution in [1.29, 1.82) is 15.8 Å². The van der Waals surface area contributed by atoms with Crippen molar-refractivity contribution in [2.75, 3.05) is 6.54 Å². The minimum absolute atomic E-state index is 0.417. The van der Waals surface area contributed by atoms with Gasteiger partial charge in [-0.15, -0.1) is 0 Å². The molecule has 1 rings (SSSR count). The molecule has 82 valence electrons. The van der Waals surface area contributed by atoms with E-state index >= 15 is 0 Å². The molecule has 1 N–H and O–H groups in total. The standard InChI is InChI=1S/C10H4N4O3/c11-2-6-1-8(15)14(5-9(16)17)10(6)7(3-12)4-13/h1H,5H2,(H,16,17)/i1D. The fourth-order valence-electron chi connectivity index (χ4n) is 1.23. The van der Waals surface area contributed by atoms with Gasteiger partial charge in [0.05, 0.1) is 12.6 Å². The smallest absolute Gasteiger partial charge is 0.323 e. The van der Waals surface area contributed by atoms with Gasteiger partial charge in [0.15, 0.2) is 5.57 Å². The number of rotatable bonds is 2. The lowest BCUT2D eigenvalue weighted by Crippen LogP contribution is -2.31. The Morgan fingerprint density at radius 3 is 2.47 bits per heavy atom. The molecule has 1 aliphatic heterocycles. The molecule has 1 amide bonds. The Morgan fingerprint density at radius 2 is 2.06 bits per heavy atom. The van der Waals surface area contributed by atoms with Crippen LogP contribution in [0, 0.1) is 34.0 Å². The molecule has 7 heteroatoms. The SMILES string of the molecule is [2H]C1=C(C#N)C(=C(C#N)C#N)N(CC(=O)O)C1=O. The third kappa shape index (κ3) is 2.11. The van der Waals surface area contributed by atoms with Gasteiger partial charge < -0.3 is 5.11 Å². The number of nitriles is 3. The Kier molecular flexibility index (Phi) is 2.82. The molecule has 0 atom stereocenters. The predicted molar refractivity (Wildman–Crippen MR) is 51.3 cm³/mol. The van der Waals surface area contributed by atoms with Gasteiger partial charge >= 0.3 is 5.97 Å². The van der Waals surface area contributed by atoms with Crippen molar-refractivity contribution in [2.24, 2.45) is 0 Å². The molecule has 0 aromatic rings. The highest BCUT2D eigenvalue weighted by Crippen LogP contribution is 2.25. The minimum atomic E-state index is -1.39. The van der Waals surface area contributed by atoms with Crippen LogP contribution in [-0.4, -0.2) is 28.4 Å². The maximum Gasteiger partial charge on any atom is 0.323 e. The summed E-state index contributed by atoms with van der Waals surface area (Å²) in [6, 6.07) is 3.73. The Hall–Kier alpha value is -3.11. The van der Waals surface area contributed by atoms with Crippen molar-refractivity contribution in [3.05, 3.63) is 22.9 Å². The number of hydrogen-bond donors (Lipinski definition) is 1. The van der Waals surface area contributed by atoms with Gasteiger partial charge in [-0.05, 0) is 0 Å². The lowest BCUT2D eigenvalue weighted by Gasteiger charge is -2.15. The predicted octanol–water partition coefficient (Wildman–Crippen LogP) is -0.336. The van der Waals surface area contributed by atoms with Crippen molar-refractivity contribution >= 4 is 11.9 Å². The van der Waals surface area contributed by atoms with E-state index in [4.69, 9.17) is 22.3 Å². The summed E-state index contributed by atoms with van der Waals surface area (Å²) < 4.78 is 7.36. The number of allylic oxidation sites excluding steroid dienone is 2. The van der Waals surface area contributed by atoms with E-state index in [1.807, 2.05) is 0 Å². The first kappa shape index (κ1) is 10.4. The van der Waals surface area contributed by atoms with Crippen LogP contribution in [0.25, 0.3) is 0 Å². The van der Waals surface area contributed by atoms with Gasteiger partial charge in [0, 0.05) is 6.05 Å².